The van der Waals surface area contributed by atoms with Crippen molar-refractivity contribution in [2.75, 3.05) is 5.73 Å². The number of imidazole rings is 1. The molecule has 3 aromatic rings. The summed E-state index contributed by atoms with van der Waals surface area (Å²) in [5, 5.41) is 0.693. The molecule has 108 valence electrons. The highest BCUT2D eigenvalue weighted by molar-refractivity contribution is 9.10. The van der Waals surface area contributed by atoms with E-state index in [4.69, 9.17) is 22.3 Å². The number of aromatic nitrogens is 2. The summed E-state index contributed by atoms with van der Waals surface area (Å²) in [6.45, 7) is 4.26. The number of benzene rings is 2. The third-order valence-corrected chi connectivity index (χ3v) is 4.60. The van der Waals surface area contributed by atoms with Gasteiger partial charge in [-0.3, -0.25) is 4.57 Å². The van der Waals surface area contributed by atoms with Gasteiger partial charge in [-0.1, -0.05) is 25.4 Å². The SMILES string of the molecule is CC(C)c1nc2cc(N)ccc2n1-c1ccc(Cl)c(Br)c1. The van der Waals surface area contributed by atoms with Gasteiger partial charge in [0.25, 0.3) is 0 Å². The molecule has 1 heterocycles. The Bertz CT molecular complexity index is 824. The van der Waals surface area contributed by atoms with E-state index in [2.05, 4.69) is 34.3 Å². The highest BCUT2D eigenvalue weighted by Crippen LogP contribution is 2.30. The maximum absolute atomic E-state index is 6.10. The third kappa shape index (κ3) is 2.54. The maximum atomic E-state index is 6.10. The Morgan fingerprint density at radius 3 is 2.62 bits per heavy atom. The maximum Gasteiger partial charge on any atom is 0.117 e. The topological polar surface area (TPSA) is 43.8 Å². The Morgan fingerprint density at radius 1 is 1.19 bits per heavy atom. The van der Waals surface area contributed by atoms with Gasteiger partial charge in [0.05, 0.1) is 16.1 Å². The zero-order valence-corrected chi connectivity index (χ0v) is 14.1. The quantitative estimate of drug-likeness (QED) is 0.639. The van der Waals surface area contributed by atoms with Gasteiger partial charge < -0.3 is 5.73 Å². The fourth-order valence-electron chi connectivity index (χ4n) is 2.40. The number of nitrogens with two attached hydrogens (primary N) is 1. The van der Waals surface area contributed by atoms with Crippen LogP contribution in [0.5, 0.6) is 0 Å². The summed E-state index contributed by atoms with van der Waals surface area (Å²) in [7, 11) is 0. The zero-order valence-electron chi connectivity index (χ0n) is 11.8. The minimum Gasteiger partial charge on any atom is -0.399 e. The summed E-state index contributed by atoms with van der Waals surface area (Å²) in [5.74, 6) is 1.30. The number of hydrogen-bond acceptors (Lipinski definition) is 2. The van der Waals surface area contributed by atoms with Gasteiger partial charge in [-0.2, -0.15) is 0 Å². The third-order valence-electron chi connectivity index (χ3n) is 3.38. The van der Waals surface area contributed by atoms with Crippen LogP contribution >= 0.6 is 27.5 Å². The molecule has 0 saturated heterocycles. The predicted octanol–water partition coefficient (Wildman–Crippen LogP) is 5.15. The van der Waals surface area contributed by atoms with Gasteiger partial charge >= 0.3 is 0 Å². The van der Waals surface area contributed by atoms with E-state index in [0.29, 0.717) is 10.9 Å². The van der Waals surface area contributed by atoms with E-state index in [1.807, 2.05) is 36.4 Å². The van der Waals surface area contributed by atoms with Crippen molar-refractivity contribution in [3.8, 4) is 5.69 Å². The second kappa shape index (κ2) is 5.35. The lowest BCUT2D eigenvalue weighted by molar-refractivity contribution is 0.759. The van der Waals surface area contributed by atoms with E-state index < -0.39 is 0 Å². The van der Waals surface area contributed by atoms with Crippen LogP contribution in [0.4, 0.5) is 5.69 Å². The normalized spacial score (nSPS) is 11.5. The second-order valence-corrected chi connectivity index (χ2v) is 6.57. The van der Waals surface area contributed by atoms with Gasteiger partial charge in [-0.25, -0.2) is 4.98 Å². The molecule has 2 N–H and O–H groups in total. The predicted molar refractivity (Wildman–Crippen MR) is 92.3 cm³/mol. The van der Waals surface area contributed by atoms with Crippen LogP contribution in [0, 0.1) is 0 Å². The molecule has 21 heavy (non-hydrogen) atoms. The van der Waals surface area contributed by atoms with Gasteiger partial charge in [-0.05, 0) is 52.3 Å². The number of fused-ring (bicyclic) bond motifs is 1. The number of nitrogen functional groups attached to an aromatic ring is 1. The first-order chi connectivity index (χ1) is 9.97. The molecular formula is C16H15BrClN3. The minimum atomic E-state index is 0.299. The minimum absolute atomic E-state index is 0.299. The van der Waals surface area contributed by atoms with Crippen LogP contribution in [0.1, 0.15) is 25.6 Å². The van der Waals surface area contributed by atoms with Gasteiger partial charge in [0, 0.05) is 21.8 Å². The first-order valence-electron chi connectivity index (χ1n) is 6.70. The fourth-order valence-corrected chi connectivity index (χ4v) is 2.88. The van der Waals surface area contributed by atoms with E-state index in [-0.39, 0.29) is 0 Å². The highest BCUT2D eigenvalue weighted by atomic mass is 79.9. The standard InChI is InChI=1S/C16H15BrClN3/c1-9(2)16-20-14-7-10(19)3-6-15(14)21(16)11-4-5-13(18)12(17)8-11/h3-9H,19H2,1-2H3. The molecule has 0 aliphatic heterocycles. The van der Waals surface area contributed by atoms with Gasteiger partial charge in [0.15, 0.2) is 0 Å². The average molecular weight is 365 g/mol. The molecule has 0 saturated carbocycles. The van der Waals surface area contributed by atoms with Crippen LogP contribution in [0.25, 0.3) is 16.7 Å². The van der Waals surface area contributed by atoms with Crippen LogP contribution in [0.3, 0.4) is 0 Å². The lowest BCUT2D eigenvalue weighted by atomic mass is 10.2. The summed E-state index contributed by atoms with van der Waals surface area (Å²) in [6.07, 6.45) is 0. The van der Waals surface area contributed by atoms with E-state index in [1.165, 1.54) is 0 Å². The molecule has 0 radical (unpaired) electrons. The summed E-state index contributed by atoms with van der Waals surface area (Å²) < 4.78 is 3.02. The highest BCUT2D eigenvalue weighted by Gasteiger charge is 2.16. The van der Waals surface area contributed by atoms with Crippen molar-refractivity contribution in [3.63, 3.8) is 0 Å². The monoisotopic (exact) mass is 363 g/mol. The molecule has 0 bridgehead atoms. The van der Waals surface area contributed by atoms with Crippen molar-refractivity contribution in [3.05, 3.63) is 51.7 Å². The van der Waals surface area contributed by atoms with E-state index >= 15 is 0 Å². The Balaban J connectivity index is 2.33. The van der Waals surface area contributed by atoms with Crippen molar-refractivity contribution < 1.29 is 0 Å². The van der Waals surface area contributed by atoms with Crippen molar-refractivity contribution in [2.24, 2.45) is 0 Å². The first-order valence-corrected chi connectivity index (χ1v) is 7.88. The van der Waals surface area contributed by atoms with E-state index in [0.717, 1.165) is 32.7 Å². The average Bonchev–Trinajstić information content (AvgIpc) is 2.80. The van der Waals surface area contributed by atoms with Gasteiger partial charge in [-0.15, -0.1) is 0 Å². The molecule has 5 heteroatoms. The number of nitrogens with zero attached hydrogens (tertiary/aromatic N) is 2. The number of rotatable bonds is 2. The largest absolute Gasteiger partial charge is 0.399 e. The lowest BCUT2D eigenvalue weighted by Gasteiger charge is -2.12. The zero-order chi connectivity index (χ0) is 15.1. The number of anilines is 1. The lowest BCUT2D eigenvalue weighted by Crippen LogP contribution is -2.03. The first kappa shape index (κ1) is 14.4. The van der Waals surface area contributed by atoms with Crippen LogP contribution in [0.2, 0.25) is 5.02 Å². The van der Waals surface area contributed by atoms with Gasteiger partial charge in [0.2, 0.25) is 0 Å². The Kier molecular flexibility index (Phi) is 3.68. The van der Waals surface area contributed by atoms with Crippen molar-refractivity contribution >= 4 is 44.3 Å². The fraction of sp³-hybridized carbons (Fsp3) is 0.188. The van der Waals surface area contributed by atoms with Crippen LogP contribution in [-0.2, 0) is 0 Å². The van der Waals surface area contributed by atoms with Crippen LogP contribution in [0.15, 0.2) is 40.9 Å². The van der Waals surface area contributed by atoms with Gasteiger partial charge in [0.1, 0.15) is 5.82 Å². The molecule has 3 nitrogen and oxygen atoms in total. The molecule has 0 unspecified atom stereocenters. The molecule has 0 atom stereocenters. The van der Waals surface area contributed by atoms with E-state index in [9.17, 15) is 0 Å². The summed E-state index contributed by atoms with van der Waals surface area (Å²) in [4.78, 5) is 4.74. The molecule has 0 amide bonds. The Labute approximate surface area is 136 Å². The Morgan fingerprint density at radius 2 is 1.95 bits per heavy atom. The number of halogens is 2. The van der Waals surface area contributed by atoms with Crippen molar-refractivity contribution in [1.82, 2.24) is 9.55 Å². The number of hydrogen-bond donors (Lipinski definition) is 1. The second-order valence-electron chi connectivity index (χ2n) is 5.31. The molecule has 0 aliphatic carbocycles. The van der Waals surface area contributed by atoms with Crippen molar-refractivity contribution in [1.29, 1.82) is 0 Å². The van der Waals surface area contributed by atoms with Crippen molar-refractivity contribution in [2.45, 2.75) is 19.8 Å². The van der Waals surface area contributed by atoms with Crippen LogP contribution in [-0.4, -0.2) is 9.55 Å². The Hall–Kier alpha value is -1.52. The molecule has 0 fully saturated rings. The summed E-state index contributed by atoms with van der Waals surface area (Å²) in [6, 6.07) is 11.7. The molecule has 0 spiro atoms. The van der Waals surface area contributed by atoms with Crippen LogP contribution < -0.4 is 5.73 Å². The molecular weight excluding hydrogens is 350 g/mol. The summed E-state index contributed by atoms with van der Waals surface area (Å²) in [5.41, 5.74) is 9.57. The molecule has 0 aliphatic rings. The summed E-state index contributed by atoms with van der Waals surface area (Å²) >= 11 is 9.58. The smallest absolute Gasteiger partial charge is 0.117 e. The molecule has 1 aromatic heterocycles. The molecule has 3 rings (SSSR count). The van der Waals surface area contributed by atoms with E-state index in [1.54, 1.807) is 0 Å². The molecule has 2 aromatic carbocycles.